The Labute approximate surface area is 200 Å². The number of rotatable bonds is 6. The molecule has 0 unspecified atom stereocenters. The van der Waals surface area contributed by atoms with E-state index in [1.165, 1.54) is 36.4 Å². The van der Waals surface area contributed by atoms with Crippen LogP contribution >= 0.6 is 0 Å². The van der Waals surface area contributed by atoms with Crippen molar-refractivity contribution >= 4 is 35.5 Å². The monoisotopic (exact) mass is 466 g/mol. The number of esters is 2. The van der Waals surface area contributed by atoms with Crippen LogP contribution in [0.3, 0.4) is 0 Å². The number of hydrogen-bond acceptors (Lipinski definition) is 7. The fourth-order valence-electron chi connectivity index (χ4n) is 3.52. The third-order valence-electron chi connectivity index (χ3n) is 5.15. The van der Waals surface area contributed by atoms with Crippen LogP contribution in [-0.4, -0.2) is 30.4 Å². The molecule has 172 valence electrons. The number of carbonyl (C=O) groups excluding carboxylic acids is 4. The van der Waals surface area contributed by atoms with E-state index in [4.69, 9.17) is 9.47 Å². The normalized spacial score (nSPS) is 12.7. The molecule has 0 bridgehead atoms. The molecule has 3 aromatic rings. The average Bonchev–Trinajstić information content (AvgIpc) is 3.13. The lowest BCUT2D eigenvalue weighted by Gasteiger charge is -2.14. The van der Waals surface area contributed by atoms with E-state index in [2.05, 4.69) is 0 Å². The Morgan fingerprint density at radius 1 is 0.943 bits per heavy atom. The van der Waals surface area contributed by atoms with Crippen LogP contribution in [0, 0.1) is 11.3 Å². The summed E-state index contributed by atoms with van der Waals surface area (Å²) < 4.78 is 10.2. The highest BCUT2D eigenvalue weighted by atomic mass is 16.5. The summed E-state index contributed by atoms with van der Waals surface area (Å²) in [5, 5.41) is 9.18. The van der Waals surface area contributed by atoms with Gasteiger partial charge in [-0.2, -0.15) is 5.26 Å². The van der Waals surface area contributed by atoms with Crippen LogP contribution in [0.1, 0.15) is 43.6 Å². The molecule has 35 heavy (non-hydrogen) atoms. The Morgan fingerprint density at radius 2 is 1.60 bits per heavy atom. The van der Waals surface area contributed by atoms with Gasteiger partial charge in [0.25, 0.3) is 11.8 Å². The Hall–Kier alpha value is -5.03. The summed E-state index contributed by atoms with van der Waals surface area (Å²) in [4.78, 5) is 50.8. The molecule has 8 heteroatoms. The second-order valence-corrected chi connectivity index (χ2v) is 7.39. The van der Waals surface area contributed by atoms with Crippen molar-refractivity contribution in [3.8, 4) is 11.8 Å². The lowest BCUT2D eigenvalue weighted by Crippen LogP contribution is -2.29. The SMILES string of the molecule is CCOC(=O)/C(C#N)=C/c1cccc(OC(=O)c2ccc(N3C(=O)c4ccccc4C3=O)cc2)c1. The maximum absolute atomic E-state index is 12.6. The number of carbonyl (C=O) groups is 4. The molecule has 0 radical (unpaired) electrons. The van der Waals surface area contributed by atoms with Gasteiger partial charge in [-0.25, -0.2) is 14.5 Å². The lowest BCUT2D eigenvalue weighted by atomic mass is 10.1. The summed E-state index contributed by atoms with van der Waals surface area (Å²) in [6.45, 7) is 1.78. The Morgan fingerprint density at radius 3 is 2.20 bits per heavy atom. The molecule has 0 saturated heterocycles. The summed E-state index contributed by atoms with van der Waals surface area (Å²) in [5.41, 5.74) is 1.49. The number of nitriles is 1. The van der Waals surface area contributed by atoms with Crippen molar-refractivity contribution in [2.24, 2.45) is 0 Å². The van der Waals surface area contributed by atoms with Crippen LogP contribution in [0.5, 0.6) is 5.75 Å². The predicted octanol–water partition coefficient (Wildman–Crippen LogP) is 4.18. The van der Waals surface area contributed by atoms with Gasteiger partial charge in [-0.1, -0.05) is 24.3 Å². The van der Waals surface area contributed by atoms with Gasteiger partial charge in [0.15, 0.2) is 0 Å². The number of fused-ring (bicyclic) bond motifs is 1. The molecule has 0 N–H and O–H groups in total. The van der Waals surface area contributed by atoms with Crippen LogP contribution in [-0.2, 0) is 9.53 Å². The van der Waals surface area contributed by atoms with Gasteiger partial charge in [0, 0.05) is 0 Å². The highest BCUT2D eigenvalue weighted by Crippen LogP contribution is 2.28. The van der Waals surface area contributed by atoms with Crippen molar-refractivity contribution in [2.75, 3.05) is 11.5 Å². The molecule has 0 fully saturated rings. The minimum absolute atomic E-state index is 0.140. The molecule has 1 aliphatic rings. The smallest absolute Gasteiger partial charge is 0.348 e. The molecular weight excluding hydrogens is 448 g/mol. The van der Waals surface area contributed by atoms with Crippen molar-refractivity contribution in [1.29, 1.82) is 5.26 Å². The maximum Gasteiger partial charge on any atom is 0.348 e. The first-order valence-electron chi connectivity index (χ1n) is 10.6. The zero-order chi connectivity index (χ0) is 24.9. The van der Waals surface area contributed by atoms with Gasteiger partial charge in [-0.3, -0.25) is 9.59 Å². The standard InChI is InChI=1S/C27H18N2O6/c1-2-34-26(32)19(16-28)14-17-6-5-7-21(15-17)35-27(33)18-10-12-20(13-11-18)29-24(30)22-8-3-4-9-23(22)25(29)31/h3-15H,2H2,1H3/b19-14+. The molecule has 0 spiro atoms. The third kappa shape index (κ3) is 4.70. The molecule has 0 atom stereocenters. The Kier molecular flexibility index (Phi) is 6.51. The quantitative estimate of drug-likeness (QED) is 0.176. The number of nitrogens with zero attached hydrogens (tertiary/aromatic N) is 2. The summed E-state index contributed by atoms with van der Waals surface area (Å²) >= 11 is 0. The molecule has 0 aliphatic carbocycles. The van der Waals surface area contributed by atoms with Crippen LogP contribution in [0.25, 0.3) is 6.08 Å². The van der Waals surface area contributed by atoms with Crippen molar-refractivity contribution < 1.29 is 28.7 Å². The molecule has 2 amide bonds. The zero-order valence-electron chi connectivity index (χ0n) is 18.6. The molecule has 1 aliphatic heterocycles. The number of ether oxygens (including phenoxy) is 2. The first-order chi connectivity index (χ1) is 16.9. The first kappa shape index (κ1) is 23.1. The summed E-state index contributed by atoms with van der Waals surface area (Å²) in [7, 11) is 0. The maximum atomic E-state index is 12.6. The molecule has 4 rings (SSSR count). The molecule has 1 heterocycles. The van der Waals surface area contributed by atoms with E-state index in [9.17, 15) is 24.4 Å². The highest BCUT2D eigenvalue weighted by Gasteiger charge is 2.36. The minimum atomic E-state index is -0.740. The Balaban J connectivity index is 1.49. The number of benzene rings is 3. The van der Waals surface area contributed by atoms with Crippen LogP contribution in [0.2, 0.25) is 0 Å². The van der Waals surface area contributed by atoms with E-state index in [1.807, 2.05) is 0 Å². The van der Waals surface area contributed by atoms with Gasteiger partial charge in [0.05, 0.1) is 29.0 Å². The molecule has 0 saturated carbocycles. The van der Waals surface area contributed by atoms with E-state index in [0.717, 1.165) is 4.90 Å². The van der Waals surface area contributed by atoms with E-state index in [0.29, 0.717) is 22.4 Å². The van der Waals surface area contributed by atoms with Gasteiger partial charge >= 0.3 is 11.9 Å². The van der Waals surface area contributed by atoms with Crippen molar-refractivity contribution in [1.82, 2.24) is 0 Å². The molecule has 3 aromatic carbocycles. The van der Waals surface area contributed by atoms with Crippen LogP contribution in [0.15, 0.2) is 78.4 Å². The lowest BCUT2D eigenvalue weighted by molar-refractivity contribution is -0.137. The van der Waals surface area contributed by atoms with E-state index in [1.54, 1.807) is 55.5 Å². The number of amides is 2. The van der Waals surface area contributed by atoms with Gasteiger partial charge in [0.1, 0.15) is 17.4 Å². The Bertz CT molecular complexity index is 1380. The van der Waals surface area contributed by atoms with Crippen molar-refractivity contribution in [3.05, 3.63) is 101 Å². The summed E-state index contributed by atoms with van der Waals surface area (Å²) in [6, 6.07) is 20.6. The highest BCUT2D eigenvalue weighted by molar-refractivity contribution is 6.34. The van der Waals surface area contributed by atoms with E-state index < -0.39 is 23.8 Å². The fourth-order valence-corrected chi connectivity index (χ4v) is 3.52. The van der Waals surface area contributed by atoms with Crippen molar-refractivity contribution in [3.63, 3.8) is 0 Å². The molecule has 0 aromatic heterocycles. The largest absolute Gasteiger partial charge is 0.462 e. The topological polar surface area (TPSA) is 114 Å². The number of anilines is 1. The second-order valence-electron chi connectivity index (χ2n) is 7.39. The van der Waals surface area contributed by atoms with Crippen LogP contribution < -0.4 is 9.64 Å². The minimum Gasteiger partial charge on any atom is -0.462 e. The fraction of sp³-hybridized carbons (Fsp3) is 0.0741. The average molecular weight is 466 g/mol. The van der Waals surface area contributed by atoms with E-state index in [-0.39, 0.29) is 23.5 Å². The number of imide groups is 1. The van der Waals surface area contributed by atoms with E-state index >= 15 is 0 Å². The van der Waals surface area contributed by atoms with Gasteiger partial charge in [0.2, 0.25) is 0 Å². The van der Waals surface area contributed by atoms with Gasteiger partial charge in [-0.05, 0) is 67.1 Å². The predicted molar refractivity (Wildman–Crippen MR) is 126 cm³/mol. The molecule has 8 nitrogen and oxygen atoms in total. The summed E-state index contributed by atoms with van der Waals surface area (Å²) in [6.07, 6.45) is 1.34. The van der Waals surface area contributed by atoms with Gasteiger partial charge < -0.3 is 9.47 Å². The van der Waals surface area contributed by atoms with Crippen LogP contribution in [0.4, 0.5) is 5.69 Å². The molecular formula is C27H18N2O6. The summed E-state index contributed by atoms with van der Waals surface area (Å²) in [5.74, 6) is -2.05. The zero-order valence-corrected chi connectivity index (χ0v) is 18.6. The first-order valence-corrected chi connectivity index (χ1v) is 10.6. The number of hydrogen-bond donors (Lipinski definition) is 0. The van der Waals surface area contributed by atoms with Crippen molar-refractivity contribution in [2.45, 2.75) is 6.92 Å². The van der Waals surface area contributed by atoms with Gasteiger partial charge in [-0.15, -0.1) is 0 Å². The second kappa shape index (κ2) is 9.85. The third-order valence-corrected chi connectivity index (χ3v) is 5.15.